The molecule has 9 heavy (non-hydrogen) atoms. The van der Waals surface area contributed by atoms with Crippen LogP contribution in [0.4, 0.5) is 0 Å². The largest absolute Gasteiger partial charge is 0.503 e. The van der Waals surface area contributed by atoms with Crippen LogP contribution in [0.15, 0.2) is 6.26 Å². The third kappa shape index (κ3) is 4.87. The van der Waals surface area contributed by atoms with Crippen molar-refractivity contribution in [1.29, 1.82) is 0 Å². The topological polar surface area (TPSA) is 35.5 Å². The predicted octanol–water partition coefficient (Wildman–Crippen LogP) is 0.513. The maximum Gasteiger partial charge on any atom is 0.342 e. The van der Waals surface area contributed by atoms with E-state index in [4.69, 9.17) is 0 Å². The molecule has 0 aliphatic carbocycles. The van der Waals surface area contributed by atoms with Crippen LogP contribution in [0.2, 0.25) is 0 Å². The molecular weight excluding hydrogens is 120 g/mol. The molecule has 0 aromatic carbocycles. The van der Waals surface area contributed by atoms with E-state index in [9.17, 15) is 4.79 Å². The minimum atomic E-state index is -0.501. The quantitative estimate of drug-likeness (QED) is 0.316. The van der Waals surface area contributed by atoms with Crippen molar-refractivity contribution < 1.29 is 14.3 Å². The Morgan fingerprint density at radius 1 is 1.78 bits per heavy atom. The Morgan fingerprint density at radius 3 is 2.89 bits per heavy atom. The number of ether oxygens (including phenoxy) is 2. The minimum Gasteiger partial charge on any atom is -0.503 e. The second-order valence-electron chi connectivity index (χ2n) is 1.22. The molecule has 0 saturated carbocycles. The van der Waals surface area contributed by atoms with Gasteiger partial charge in [-0.25, -0.2) is 4.79 Å². The Hall–Kier alpha value is -0.990. The normalized spacial score (nSPS) is 9.56. The van der Waals surface area contributed by atoms with Crippen molar-refractivity contribution in [3.05, 3.63) is 12.3 Å². The Balaban J connectivity index is 3.37. The molecule has 51 valence electrons. The maximum absolute atomic E-state index is 10.4. The zero-order valence-electron chi connectivity index (χ0n) is 5.51. The molecule has 0 fully saturated rings. The highest BCUT2D eigenvalue weighted by molar-refractivity contribution is 5.77. The van der Waals surface area contributed by atoms with E-state index < -0.39 is 5.97 Å². The van der Waals surface area contributed by atoms with Gasteiger partial charge in [0.05, 0.1) is 20.0 Å². The molecular formula is C6H9O3. The molecule has 0 rings (SSSR count). The molecule has 0 saturated heterocycles. The number of rotatable bonds is 3. The van der Waals surface area contributed by atoms with Gasteiger partial charge in [0.25, 0.3) is 0 Å². The van der Waals surface area contributed by atoms with Gasteiger partial charge in [-0.1, -0.05) is 0 Å². The average Bonchev–Trinajstić information content (AvgIpc) is 1.85. The summed E-state index contributed by atoms with van der Waals surface area (Å²) in [6.45, 7) is 2.09. The van der Waals surface area contributed by atoms with E-state index in [1.54, 1.807) is 6.92 Å². The molecule has 0 atom stereocenters. The molecule has 0 aliphatic heterocycles. The highest BCUT2D eigenvalue weighted by Crippen LogP contribution is 1.78. The van der Waals surface area contributed by atoms with E-state index >= 15 is 0 Å². The Kier molecular flexibility index (Phi) is 4.59. The molecule has 3 heteroatoms. The fourth-order valence-corrected chi connectivity index (χ4v) is 0.280. The number of hydrogen-bond acceptors (Lipinski definition) is 3. The van der Waals surface area contributed by atoms with Crippen LogP contribution in [0, 0.1) is 6.08 Å². The molecule has 0 heterocycles. The number of hydrogen-bond donors (Lipinski definition) is 0. The second kappa shape index (κ2) is 5.15. The summed E-state index contributed by atoms with van der Waals surface area (Å²) in [4.78, 5) is 10.4. The van der Waals surface area contributed by atoms with Crippen molar-refractivity contribution in [3.8, 4) is 0 Å². The summed E-state index contributed by atoms with van der Waals surface area (Å²) in [6, 6.07) is 0. The van der Waals surface area contributed by atoms with Crippen LogP contribution in [0.1, 0.15) is 6.92 Å². The number of carbonyl (C=O) groups excluding carboxylic acids is 1. The lowest BCUT2D eigenvalue weighted by Gasteiger charge is -1.92. The summed E-state index contributed by atoms with van der Waals surface area (Å²) in [5.74, 6) is -0.501. The molecule has 0 bridgehead atoms. The van der Waals surface area contributed by atoms with Gasteiger partial charge in [0.1, 0.15) is 6.08 Å². The van der Waals surface area contributed by atoms with Gasteiger partial charge in [0.15, 0.2) is 0 Å². The summed E-state index contributed by atoms with van der Waals surface area (Å²) in [5, 5.41) is 0. The van der Waals surface area contributed by atoms with E-state index in [0.29, 0.717) is 6.61 Å². The molecule has 0 aromatic heterocycles. The van der Waals surface area contributed by atoms with Gasteiger partial charge < -0.3 is 9.47 Å². The van der Waals surface area contributed by atoms with Crippen LogP contribution in [-0.4, -0.2) is 19.7 Å². The van der Waals surface area contributed by atoms with Gasteiger partial charge in [-0.3, -0.25) is 0 Å². The molecule has 0 amide bonds. The van der Waals surface area contributed by atoms with Crippen LogP contribution in [-0.2, 0) is 14.3 Å². The van der Waals surface area contributed by atoms with Crippen LogP contribution in [0.5, 0.6) is 0 Å². The first-order chi connectivity index (χ1) is 4.31. The van der Waals surface area contributed by atoms with Gasteiger partial charge in [-0.15, -0.1) is 0 Å². The Labute approximate surface area is 54.3 Å². The van der Waals surface area contributed by atoms with Crippen molar-refractivity contribution in [2.24, 2.45) is 0 Å². The second-order valence-corrected chi connectivity index (χ2v) is 1.22. The lowest BCUT2D eigenvalue weighted by Crippen LogP contribution is -1.99. The van der Waals surface area contributed by atoms with E-state index in [1.165, 1.54) is 7.11 Å². The standard InChI is InChI=1S/C6H9O3/c1-3-9-6(7)4-5-8-2/h5H,3H2,1-2H3. The van der Waals surface area contributed by atoms with Crippen LogP contribution in [0.3, 0.4) is 0 Å². The van der Waals surface area contributed by atoms with Crippen molar-refractivity contribution in [3.63, 3.8) is 0 Å². The van der Waals surface area contributed by atoms with Gasteiger partial charge in [-0.05, 0) is 6.92 Å². The molecule has 1 radical (unpaired) electrons. The van der Waals surface area contributed by atoms with Crippen molar-refractivity contribution >= 4 is 5.97 Å². The summed E-state index contributed by atoms with van der Waals surface area (Å²) in [5.41, 5.74) is 0. The van der Waals surface area contributed by atoms with Crippen molar-refractivity contribution in [1.82, 2.24) is 0 Å². The van der Waals surface area contributed by atoms with Gasteiger partial charge in [0.2, 0.25) is 0 Å². The maximum atomic E-state index is 10.4. The van der Waals surface area contributed by atoms with E-state index in [0.717, 1.165) is 6.26 Å². The lowest BCUT2D eigenvalue weighted by molar-refractivity contribution is -0.138. The molecule has 0 aliphatic rings. The highest BCUT2D eigenvalue weighted by Gasteiger charge is 1.91. The van der Waals surface area contributed by atoms with Crippen molar-refractivity contribution in [2.75, 3.05) is 13.7 Å². The Morgan fingerprint density at radius 2 is 2.44 bits per heavy atom. The fraction of sp³-hybridized carbons (Fsp3) is 0.500. The van der Waals surface area contributed by atoms with Gasteiger partial charge >= 0.3 is 5.97 Å². The van der Waals surface area contributed by atoms with Crippen LogP contribution in [0.25, 0.3) is 0 Å². The molecule has 0 aromatic rings. The SMILES string of the molecule is CCOC(=O)/[C]=C/OC. The smallest absolute Gasteiger partial charge is 0.342 e. The van der Waals surface area contributed by atoms with Gasteiger partial charge in [-0.2, -0.15) is 0 Å². The highest BCUT2D eigenvalue weighted by atomic mass is 16.5. The van der Waals surface area contributed by atoms with E-state index in [1.807, 2.05) is 0 Å². The summed E-state index contributed by atoms with van der Waals surface area (Å²) < 4.78 is 8.90. The minimum absolute atomic E-state index is 0.364. The number of carbonyl (C=O) groups is 1. The van der Waals surface area contributed by atoms with E-state index in [-0.39, 0.29) is 0 Å². The monoisotopic (exact) mass is 129 g/mol. The third-order valence-corrected chi connectivity index (χ3v) is 0.570. The molecule has 0 unspecified atom stereocenters. The molecule has 0 N–H and O–H groups in total. The zero-order valence-corrected chi connectivity index (χ0v) is 5.51. The zero-order chi connectivity index (χ0) is 7.11. The molecule has 0 spiro atoms. The first kappa shape index (κ1) is 8.01. The van der Waals surface area contributed by atoms with Crippen LogP contribution >= 0.6 is 0 Å². The summed E-state index contributed by atoms with van der Waals surface area (Å²) in [6.07, 6.45) is 3.38. The third-order valence-electron chi connectivity index (χ3n) is 0.570. The first-order valence-corrected chi connectivity index (χ1v) is 2.59. The van der Waals surface area contributed by atoms with Crippen LogP contribution < -0.4 is 0 Å². The summed E-state index contributed by atoms with van der Waals surface area (Å²) in [7, 11) is 1.44. The number of methoxy groups -OCH3 is 1. The van der Waals surface area contributed by atoms with E-state index in [2.05, 4.69) is 15.5 Å². The van der Waals surface area contributed by atoms with Crippen molar-refractivity contribution in [2.45, 2.75) is 6.92 Å². The number of esters is 1. The average molecular weight is 129 g/mol. The first-order valence-electron chi connectivity index (χ1n) is 2.59. The Bertz CT molecular complexity index is 107. The lowest BCUT2D eigenvalue weighted by atomic mass is 10.6. The summed E-state index contributed by atoms with van der Waals surface area (Å²) >= 11 is 0. The van der Waals surface area contributed by atoms with Gasteiger partial charge in [0, 0.05) is 0 Å². The molecule has 3 nitrogen and oxygen atoms in total. The predicted molar refractivity (Wildman–Crippen MR) is 31.5 cm³/mol. The fourth-order valence-electron chi connectivity index (χ4n) is 0.280.